The van der Waals surface area contributed by atoms with Crippen molar-refractivity contribution >= 4 is 15.9 Å². The van der Waals surface area contributed by atoms with E-state index >= 15 is 0 Å². The number of hydrogen-bond acceptors (Lipinski definition) is 3. The van der Waals surface area contributed by atoms with Gasteiger partial charge in [-0.1, -0.05) is 12.8 Å². The van der Waals surface area contributed by atoms with Crippen molar-refractivity contribution in [2.24, 2.45) is 0 Å². The van der Waals surface area contributed by atoms with Crippen molar-refractivity contribution in [2.75, 3.05) is 39.5 Å². The molecule has 1 aliphatic rings. The molecule has 21 heavy (non-hydrogen) atoms. The SMILES string of the molecule is Fc1cc(OCCCCCCN2CCOCC2)ccc1Br. The van der Waals surface area contributed by atoms with E-state index < -0.39 is 0 Å². The Hall–Kier alpha value is -0.650. The number of rotatable bonds is 8. The highest BCUT2D eigenvalue weighted by atomic mass is 79.9. The molecule has 5 heteroatoms. The Morgan fingerprint density at radius 1 is 1.14 bits per heavy atom. The summed E-state index contributed by atoms with van der Waals surface area (Å²) >= 11 is 3.13. The standard InChI is InChI=1S/C16H23BrFNO2/c17-15-6-5-14(13-16(15)18)21-10-4-2-1-3-7-19-8-11-20-12-9-19/h5-6,13H,1-4,7-12H2. The second kappa shape index (κ2) is 9.38. The number of nitrogens with zero attached hydrogens (tertiary/aromatic N) is 1. The van der Waals surface area contributed by atoms with Crippen molar-refractivity contribution in [3.05, 3.63) is 28.5 Å². The number of halogens is 2. The summed E-state index contributed by atoms with van der Waals surface area (Å²) in [5.74, 6) is 0.321. The van der Waals surface area contributed by atoms with Crippen LogP contribution in [-0.4, -0.2) is 44.4 Å². The van der Waals surface area contributed by atoms with Crippen LogP contribution in [0.15, 0.2) is 22.7 Å². The van der Waals surface area contributed by atoms with Crippen LogP contribution >= 0.6 is 15.9 Å². The fourth-order valence-corrected chi connectivity index (χ4v) is 2.62. The van der Waals surface area contributed by atoms with Gasteiger partial charge in [-0.15, -0.1) is 0 Å². The van der Waals surface area contributed by atoms with Crippen molar-refractivity contribution in [3.8, 4) is 5.75 Å². The Morgan fingerprint density at radius 2 is 1.90 bits per heavy atom. The first kappa shape index (κ1) is 16.7. The van der Waals surface area contributed by atoms with E-state index in [0.717, 1.165) is 39.1 Å². The van der Waals surface area contributed by atoms with Crippen LogP contribution in [0.1, 0.15) is 25.7 Å². The monoisotopic (exact) mass is 359 g/mol. The summed E-state index contributed by atoms with van der Waals surface area (Å²) in [6, 6.07) is 4.88. The molecular formula is C16H23BrFNO2. The van der Waals surface area contributed by atoms with Gasteiger partial charge < -0.3 is 9.47 Å². The molecule has 1 aliphatic heterocycles. The number of unbranched alkanes of at least 4 members (excludes halogenated alkanes) is 3. The van der Waals surface area contributed by atoms with Gasteiger partial charge in [-0.25, -0.2) is 4.39 Å². The molecule has 0 bridgehead atoms. The molecular weight excluding hydrogens is 337 g/mol. The van der Waals surface area contributed by atoms with E-state index in [4.69, 9.17) is 9.47 Å². The number of ether oxygens (including phenoxy) is 2. The maximum Gasteiger partial charge on any atom is 0.141 e. The molecule has 0 spiro atoms. The van der Waals surface area contributed by atoms with Crippen molar-refractivity contribution < 1.29 is 13.9 Å². The molecule has 0 aliphatic carbocycles. The highest BCUT2D eigenvalue weighted by Crippen LogP contribution is 2.21. The Labute approximate surface area is 134 Å². The summed E-state index contributed by atoms with van der Waals surface area (Å²) in [6.45, 7) is 5.70. The summed E-state index contributed by atoms with van der Waals surface area (Å²) in [4.78, 5) is 2.46. The molecule has 0 amide bonds. The van der Waals surface area contributed by atoms with Gasteiger partial charge >= 0.3 is 0 Å². The van der Waals surface area contributed by atoms with E-state index in [1.165, 1.54) is 25.5 Å². The van der Waals surface area contributed by atoms with E-state index in [2.05, 4.69) is 20.8 Å². The smallest absolute Gasteiger partial charge is 0.141 e. The molecule has 0 atom stereocenters. The van der Waals surface area contributed by atoms with Crippen molar-refractivity contribution in [1.82, 2.24) is 4.90 Å². The van der Waals surface area contributed by atoms with E-state index in [-0.39, 0.29) is 5.82 Å². The van der Waals surface area contributed by atoms with Gasteiger partial charge in [-0.05, 0) is 47.4 Å². The number of morpholine rings is 1. The van der Waals surface area contributed by atoms with Crippen LogP contribution in [0.5, 0.6) is 5.75 Å². The highest BCUT2D eigenvalue weighted by Gasteiger charge is 2.08. The lowest BCUT2D eigenvalue weighted by Crippen LogP contribution is -2.36. The maximum atomic E-state index is 13.3. The lowest BCUT2D eigenvalue weighted by molar-refractivity contribution is 0.0371. The molecule has 1 aromatic carbocycles. The second-order valence-electron chi connectivity index (χ2n) is 5.29. The van der Waals surface area contributed by atoms with Gasteiger partial charge in [0.15, 0.2) is 0 Å². The minimum absolute atomic E-state index is 0.280. The lowest BCUT2D eigenvalue weighted by Gasteiger charge is -2.26. The van der Waals surface area contributed by atoms with Gasteiger partial charge in [0.2, 0.25) is 0 Å². The van der Waals surface area contributed by atoms with Crippen molar-refractivity contribution in [1.29, 1.82) is 0 Å². The summed E-state index contributed by atoms with van der Waals surface area (Å²) in [5, 5.41) is 0. The lowest BCUT2D eigenvalue weighted by atomic mass is 10.2. The van der Waals surface area contributed by atoms with Crippen LogP contribution in [0, 0.1) is 5.82 Å². The first-order valence-electron chi connectivity index (χ1n) is 7.63. The first-order valence-corrected chi connectivity index (χ1v) is 8.43. The van der Waals surface area contributed by atoms with Gasteiger partial charge in [-0.3, -0.25) is 4.90 Å². The normalized spacial score (nSPS) is 16.1. The van der Waals surface area contributed by atoms with Gasteiger partial charge in [0.25, 0.3) is 0 Å². The molecule has 0 aromatic heterocycles. The molecule has 1 aromatic rings. The topological polar surface area (TPSA) is 21.7 Å². The zero-order chi connectivity index (χ0) is 14.9. The quantitative estimate of drug-likeness (QED) is 0.657. The van der Waals surface area contributed by atoms with Crippen LogP contribution in [-0.2, 0) is 4.74 Å². The Balaban J connectivity index is 1.48. The molecule has 2 rings (SSSR count). The Kier molecular flexibility index (Phi) is 7.47. The van der Waals surface area contributed by atoms with Crippen LogP contribution in [0.3, 0.4) is 0 Å². The number of hydrogen-bond donors (Lipinski definition) is 0. The minimum atomic E-state index is -0.280. The molecule has 3 nitrogen and oxygen atoms in total. The Bertz CT molecular complexity index is 425. The second-order valence-corrected chi connectivity index (χ2v) is 6.15. The molecule has 1 heterocycles. The molecule has 118 valence electrons. The molecule has 1 saturated heterocycles. The van der Waals surface area contributed by atoms with Crippen LogP contribution in [0.2, 0.25) is 0 Å². The van der Waals surface area contributed by atoms with Crippen LogP contribution < -0.4 is 4.74 Å². The Morgan fingerprint density at radius 3 is 2.67 bits per heavy atom. The van der Waals surface area contributed by atoms with E-state index in [1.807, 2.05) is 0 Å². The summed E-state index contributed by atoms with van der Waals surface area (Å²) in [6.07, 6.45) is 4.62. The maximum absolute atomic E-state index is 13.3. The highest BCUT2D eigenvalue weighted by molar-refractivity contribution is 9.10. The predicted molar refractivity (Wildman–Crippen MR) is 85.3 cm³/mol. The third kappa shape index (κ3) is 6.32. The molecule has 1 fully saturated rings. The molecule has 0 N–H and O–H groups in total. The van der Waals surface area contributed by atoms with Gasteiger partial charge in [0.05, 0.1) is 24.3 Å². The van der Waals surface area contributed by atoms with E-state index in [9.17, 15) is 4.39 Å². The van der Waals surface area contributed by atoms with Crippen molar-refractivity contribution in [3.63, 3.8) is 0 Å². The van der Waals surface area contributed by atoms with Gasteiger partial charge in [0.1, 0.15) is 11.6 Å². The minimum Gasteiger partial charge on any atom is -0.493 e. The third-order valence-corrected chi connectivity index (χ3v) is 4.28. The zero-order valence-electron chi connectivity index (χ0n) is 12.3. The van der Waals surface area contributed by atoms with E-state index in [1.54, 1.807) is 12.1 Å². The largest absolute Gasteiger partial charge is 0.493 e. The third-order valence-electron chi connectivity index (χ3n) is 3.63. The fourth-order valence-electron chi connectivity index (χ4n) is 2.37. The molecule has 0 saturated carbocycles. The first-order chi connectivity index (χ1) is 10.3. The van der Waals surface area contributed by atoms with Crippen LogP contribution in [0.25, 0.3) is 0 Å². The molecule has 0 unspecified atom stereocenters. The fraction of sp³-hybridized carbons (Fsp3) is 0.625. The van der Waals surface area contributed by atoms with E-state index in [0.29, 0.717) is 16.8 Å². The zero-order valence-corrected chi connectivity index (χ0v) is 13.9. The summed E-state index contributed by atoms with van der Waals surface area (Å²) in [7, 11) is 0. The van der Waals surface area contributed by atoms with Gasteiger partial charge in [0, 0.05) is 19.2 Å². The number of benzene rings is 1. The van der Waals surface area contributed by atoms with Gasteiger partial charge in [-0.2, -0.15) is 0 Å². The predicted octanol–water partition coefficient (Wildman–Crippen LogP) is 3.86. The van der Waals surface area contributed by atoms with Crippen molar-refractivity contribution in [2.45, 2.75) is 25.7 Å². The molecule has 0 radical (unpaired) electrons. The average Bonchev–Trinajstić information content (AvgIpc) is 2.51. The summed E-state index contributed by atoms with van der Waals surface area (Å²) < 4.78 is 24.6. The van der Waals surface area contributed by atoms with Crippen LogP contribution in [0.4, 0.5) is 4.39 Å². The summed E-state index contributed by atoms with van der Waals surface area (Å²) in [5.41, 5.74) is 0. The average molecular weight is 360 g/mol.